The molecule has 4 N–H and O–H groups in total. The lowest BCUT2D eigenvalue weighted by Crippen LogP contribution is -2.39. The maximum atomic E-state index is 13.3. The summed E-state index contributed by atoms with van der Waals surface area (Å²) in [5.74, 6) is 0.800. The molecule has 2 amide bonds. The number of nitrogens with two attached hydrogens (primary N) is 1. The fourth-order valence-corrected chi connectivity index (χ4v) is 3.42. The number of rotatable bonds is 11. The highest BCUT2D eigenvalue weighted by atomic mass is 16.5. The number of aromatic nitrogens is 1. The van der Waals surface area contributed by atoms with Gasteiger partial charge in [0.15, 0.2) is 0 Å². The van der Waals surface area contributed by atoms with Crippen LogP contribution in [-0.4, -0.2) is 35.8 Å². The molecule has 34 heavy (non-hydrogen) atoms. The van der Waals surface area contributed by atoms with Crippen molar-refractivity contribution in [2.24, 2.45) is 5.73 Å². The molecule has 1 unspecified atom stereocenters. The largest absolute Gasteiger partial charge is 0.457 e. The van der Waals surface area contributed by atoms with E-state index in [4.69, 9.17) is 15.2 Å². The third kappa shape index (κ3) is 6.58. The van der Waals surface area contributed by atoms with Gasteiger partial charge in [-0.05, 0) is 56.0 Å². The molecule has 1 heterocycles. The highest BCUT2D eigenvalue weighted by Gasteiger charge is 2.14. The van der Waals surface area contributed by atoms with Gasteiger partial charge < -0.3 is 30.4 Å². The van der Waals surface area contributed by atoms with E-state index < -0.39 is 18.0 Å². The van der Waals surface area contributed by atoms with Crippen LogP contribution in [0, 0.1) is 0 Å². The van der Waals surface area contributed by atoms with E-state index in [9.17, 15) is 14.4 Å². The van der Waals surface area contributed by atoms with Gasteiger partial charge in [0.25, 0.3) is 5.56 Å². The van der Waals surface area contributed by atoms with E-state index in [0.29, 0.717) is 48.7 Å². The summed E-state index contributed by atoms with van der Waals surface area (Å²) in [7, 11) is 0. The number of ether oxygens (including phenoxy) is 2. The third-order valence-electron chi connectivity index (χ3n) is 5.25. The topological polar surface area (TPSA) is 125 Å². The Bertz CT molecular complexity index is 1190. The van der Waals surface area contributed by atoms with Gasteiger partial charge in [-0.15, -0.1) is 0 Å². The molecule has 3 rings (SSSR count). The number of fused-ring (bicyclic) bond motifs is 1. The Labute approximate surface area is 197 Å². The van der Waals surface area contributed by atoms with Crippen LogP contribution < -0.4 is 26.7 Å². The van der Waals surface area contributed by atoms with Crippen molar-refractivity contribution in [1.82, 2.24) is 15.2 Å². The van der Waals surface area contributed by atoms with Gasteiger partial charge in [-0.25, -0.2) is 4.79 Å². The second-order valence-electron chi connectivity index (χ2n) is 7.77. The number of primary amides is 1. The Morgan fingerprint density at radius 1 is 1.09 bits per heavy atom. The molecule has 0 spiro atoms. The summed E-state index contributed by atoms with van der Waals surface area (Å²) in [5, 5.41) is 6.50. The maximum absolute atomic E-state index is 13.3. The zero-order valence-corrected chi connectivity index (χ0v) is 19.4. The van der Waals surface area contributed by atoms with E-state index in [0.717, 1.165) is 5.39 Å². The van der Waals surface area contributed by atoms with Crippen molar-refractivity contribution < 1.29 is 19.1 Å². The number of amides is 2. The Morgan fingerprint density at radius 2 is 1.85 bits per heavy atom. The van der Waals surface area contributed by atoms with E-state index in [-0.39, 0.29) is 12.1 Å². The molecular weight excluding hydrogens is 436 g/mol. The predicted octanol–water partition coefficient (Wildman–Crippen LogP) is 2.89. The van der Waals surface area contributed by atoms with Gasteiger partial charge in [-0.3, -0.25) is 9.59 Å². The molecule has 0 saturated carbocycles. The van der Waals surface area contributed by atoms with Crippen LogP contribution in [0.2, 0.25) is 0 Å². The zero-order chi connectivity index (χ0) is 24.5. The lowest BCUT2D eigenvalue weighted by atomic mass is 10.1. The molecule has 0 aliphatic rings. The van der Waals surface area contributed by atoms with Crippen molar-refractivity contribution >= 4 is 22.9 Å². The van der Waals surface area contributed by atoms with E-state index in [2.05, 4.69) is 10.6 Å². The monoisotopic (exact) mass is 466 g/mol. The minimum absolute atomic E-state index is 0.190. The van der Waals surface area contributed by atoms with Crippen molar-refractivity contribution in [2.45, 2.75) is 39.4 Å². The van der Waals surface area contributed by atoms with Crippen LogP contribution in [0.5, 0.6) is 11.5 Å². The van der Waals surface area contributed by atoms with Crippen molar-refractivity contribution in [1.29, 1.82) is 0 Å². The van der Waals surface area contributed by atoms with E-state index in [1.807, 2.05) is 48.5 Å². The first-order chi connectivity index (χ1) is 16.4. The molecule has 9 heteroatoms. The van der Waals surface area contributed by atoms with E-state index in [1.165, 1.54) is 0 Å². The van der Waals surface area contributed by atoms with Crippen LogP contribution >= 0.6 is 0 Å². The number of pyridine rings is 1. The van der Waals surface area contributed by atoms with Gasteiger partial charge in [0, 0.05) is 31.3 Å². The smallest absolute Gasteiger partial charge is 0.407 e. The molecule has 0 aliphatic heterocycles. The highest BCUT2D eigenvalue weighted by Crippen LogP contribution is 2.25. The molecule has 1 atom stereocenters. The number of nitrogens with one attached hydrogen (secondary N) is 2. The predicted molar refractivity (Wildman–Crippen MR) is 130 cm³/mol. The minimum Gasteiger partial charge on any atom is -0.457 e. The number of hydrogen-bond donors (Lipinski definition) is 3. The average molecular weight is 467 g/mol. The number of carbonyl (C=O) groups excluding carboxylic acids is 2. The lowest BCUT2D eigenvalue weighted by molar-refractivity contribution is -0.119. The molecule has 0 aliphatic carbocycles. The first-order valence-electron chi connectivity index (χ1n) is 11.2. The molecule has 3 aromatic rings. The van der Waals surface area contributed by atoms with Gasteiger partial charge >= 0.3 is 6.09 Å². The van der Waals surface area contributed by atoms with Crippen LogP contribution in [0.4, 0.5) is 4.79 Å². The van der Waals surface area contributed by atoms with Crippen LogP contribution in [0.15, 0.2) is 59.4 Å². The second kappa shape index (κ2) is 11.9. The van der Waals surface area contributed by atoms with Crippen molar-refractivity contribution in [2.75, 3.05) is 13.2 Å². The quantitative estimate of drug-likeness (QED) is 0.373. The Kier molecular flexibility index (Phi) is 8.64. The van der Waals surface area contributed by atoms with Crippen LogP contribution in [-0.2, 0) is 22.6 Å². The van der Waals surface area contributed by atoms with Crippen LogP contribution in [0.25, 0.3) is 10.9 Å². The highest BCUT2D eigenvalue weighted by molar-refractivity contribution is 5.81. The number of para-hydroxylation sites is 1. The standard InChI is InChI=1S/C25H30N4O5/c1-3-33-25(32)27-12-7-13-29-22-15-21(34-20-8-5-4-6-9-20)11-10-18(22)14-19(24(29)31)16-28-17(2)23(26)30/h4-6,8-11,14-15,17,28H,3,7,12-13,16H2,1-2H3,(H2,26,30)(H,27,32). The maximum Gasteiger partial charge on any atom is 0.407 e. The van der Waals surface area contributed by atoms with Crippen LogP contribution in [0.1, 0.15) is 25.8 Å². The summed E-state index contributed by atoms with van der Waals surface area (Å²) in [6.07, 6.45) is 0.0308. The fraction of sp³-hybridized carbons (Fsp3) is 0.320. The van der Waals surface area contributed by atoms with Gasteiger partial charge in [0.2, 0.25) is 5.91 Å². The molecule has 0 radical (unpaired) electrons. The number of aryl methyl sites for hydroxylation is 1. The summed E-state index contributed by atoms with van der Waals surface area (Å²) in [4.78, 5) is 36.2. The normalized spacial score (nSPS) is 11.7. The van der Waals surface area contributed by atoms with Crippen molar-refractivity contribution in [3.05, 3.63) is 70.5 Å². The number of nitrogens with zero attached hydrogens (tertiary/aromatic N) is 1. The number of benzene rings is 2. The first kappa shape index (κ1) is 24.8. The zero-order valence-electron chi connectivity index (χ0n) is 19.4. The minimum atomic E-state index is -0.570. The van der Waals surface area contributed by atoms with Gasteiger partial charge in [0.05, 0.1) is 18.2 Å². The Morgan fingerprint density at radius 3 is 2.56 bits per heavy atom. The first-order valence-corrected chi connectivity index (χ1v) is 11.2. The van der Waals surface area contributed by atoms with Crippen molar-refractivity contribution in [3.63, 3.8) is 0 Å². The Hall–Kier alpha value is -3.85. The summed E-state index contributed by atoms with van der Waals surface area (Å²) >= 11 is 0. The summed E-state index contributed by atoms with van der Waals surface area (Å²) < 4.78 is 12.5. The summed E-state index contributed by atoms with van der Waals surface area (Å²) in [6, 6.07) is 16.2. The summed E-state index contributed by atoms with van der Waals surface area (Å²) in [6.45, 7) is 4.60. The number of carbonyl (C=O) groups is 2. The SMILES string of the molecule is CCOC(=O)NCCCn1c(=O)c(CNC(C)C(N)=O)cc2ccc(Oc3ccccc3)cc21. The summed E-state index contributed by atoms with van der Waals surface area (Å²) in [5.41, 5.74) is 6.35. The number of alkyl carbamates (subject to hydrolysis) is 1. The molecule has 2 aromatic carbocycles. The van der Waals surface area contributed by atoms with Crippen LogP contribution in [0.3, 0.4) is 0 Å². The molecular formula is C25H30N4O5. The molecule has 9 nitrogen and oxygen atoms in total. The van der Waals surface area contributed by atoms with Gasteiger partial charge in [-0.2, -0.15) is 0 Å². The average Bonchev–Trinajstić information content (AvgIpc) is 2.82. The van der Waals surface area contributed by atoms with Crippen molar-refractivity contribution in [3.8, 4) is 11.5 Å². The van der Waals surface area contributed by atoms with Gasteiger partial charge in [-0.1, -0.05) is 18.2 Å². The molecule has 0 saturated heterocycles. The Balaban J connectivity index is 1.89. The molecule has 180 valence electrons. The third-order valence-corrected chi connectivity index (χ3v) is 5.25. The second-order valence-corrected chi connectivity index (χ2v) is 7.77. The molecule has 0 fully saturated rings. The number of hydrogen-bond acceptors (Lipinski definition) is 6. The molecule has 0 bridgehead atoms. The fourth-order valence-electron chi connectivity index (χ4n) is 3.42. The van der Waals surface area contributed by atoms with Gasteiger partial charge in [0.1, 0.15) is 11.5 Å². The van der Waals surface area contributed by atoms with E-state index >= 15 is 0 Å². The lowest BCUT2D eigenvalue weighted by Gasteiger charge is -2.16. The van der Waals surface area contributed by atoms with E-state index in [1.54, 1.807) is 24.5 Å². The molecule has 1 aromatic heterocycles.